The molecule has 0 aliphatic rings. The van der Waals surface area contributed by atoms with E-state index in [1.807, 2.05) is 18.4 Å². The van der Waals surface area contributed by atoms with E-state index < -0.39 is 11.9 Å². The van der Waals surface area contributed by atoms with Crippen molar-refractivity contribution >= 4 is 11.9 Å². The number of aromatic nitrogens is 2. The lowest BCUT2D eigenvalue weighted by molar-refractivity contribution is -0.142. The number of carboxylic acid groups (broad SMARTS) is 2. The maximum atomic E-state index is 10.7. The van der Waals surface area contributed by atoms with Gasteiger partial charge in [0.15, 0.2) is 0 Å². The van der Waals surface area contributed by atoms with Crippen LogP contribution in [0.15, 0.2) is 12.5 Å². The monoisotopic (exact) mass is 255 g/mol. The van der Waals surface area contributed by atoms with Gasteiger partial charge < -0.3 is 14.8 Å². The molecular formula is C11H17N3O4. The standard InChI is InChI=1S/C11H17N3O4/c1-8(2)14-7-12-3-9(14)4-13(5-10(15)16)6-11(17)18/h3,7-8H,4-6H2,1-2H3,(H,15,16)(H,17,18). The van der Waals surface area contributed by atoms with Gasteiger partial charge in [0.1, 0.15) is 0 Å². The Labute approximate surface area is 105 Å². The third-order valence-electron chi connectivity index (χ3n) is 2.41. The van der Waals surface area contributed by atoms with Gasteiger partial charge in [0.2, 0.25) is 0 Å². The summed E-state index contributed by atoms with van der Waals surface area (Å²) in [6.07, 6.45) is 3.27. The molecule has 2 N–H and O–H groups in total. The van der Waals surface area contributed by atoms with Gasteiger partial charge in [-0.15, -0.1) is 0 Å². The molecule has 0 spiro atoms. The van der Waals surface area contributed by atoms with Gasteiger partial charge in [-0.1, -0.05) is 0 Å². The lowest BCUT2D eigenvalue weighted by Crippen LogP contribution is -2.34. The second-order valence-electron chi connectivity index (χ2n) is 4.32. The van der Waals surface area contributed by atoms with Crippen LogP contribution < -0.4 is 0 Å². The predicted octanol–water partition coefficient (Wildman–Crippen LogP) is 0.435. The van der Waals surface area contributed by atoms with Gasteiger partial charge in [-0.2, -0.15) is 0 Å². The van der Waals surface area contributed by atoms with Crippen LogP contribution in [0, 0.1) is 0 Å². The highest BCUT2D eigenvalue weighted by Gasteiger charge is 2.16. The van der Waals surface area contributed by atoms with Crippen LogP contribution in [0.2, 0.25) is 0 Å². The molecule has 7 nitrogen and oxygen atoms in total. The fraction of sp³-hybridized carbons (Fsp3) is 0.545. The van der Waals surface area contributed by atoms with Gasteiger partial charge in [0.25, 0.3) is 0 Å². The zero-order chi connectivity index (χ0) is 13.7. The first-order valence-electron chi connectivity index (χ1n) is 5.56. The van der Waals surface area contributed by atoms with Crippen LogP contribution in [0.25, 0.3) is 0 Å². The Morgan fingerprint density at radius 1 is 1.33 bits per heavy atom. The Kier molecular flexibility index (Phi) is 4.85. The van der Waals surface area contributed by atoms with Crippen molar-refractivity contribution < 1.29 is 19.8 Å². The van der Waals surface area contributed by atoms with Crippen molar-refractivity contribution in [3.8, 4) is 0 Å². The summed E-state index contributed by atoms with van der Waals surface area (Å²) in [7, 11) is 0. The van der Waals surface area contributed by atoms with Crippen LogP contribution in [-0.2, 0) is 16.1 Å². The molecule has 7 heteroatoms. The zero-order valence-corrected chi connectivity index (χ0v) is 10.4. The van der Waals surface area contributed by atoms with Crippen molar-refractivity contribution in [1.82, 2.24) is 14.5 Å². The highest BCUT2D eigenvalue weighted by Crippen LogP contribution is 2.11. The van der Waals surface area contributed by atoms with E-state index in [0.717, 1.165) is 5.69 Å². The SMILES string of the molecule is CC(C)n1cncc1CN(CC(=O)O)CC(=O)O. The van der Waals surface area contributed by atoms with Crippen molar-refractivity contribution in [2.75, 3.05) is 13.1 Å². The minimum absolute atomic E-state index is 0.194. The quantitative estimate of drug-likeness (QED) is 0.733. The van der Waals surface area contributed by atoms with Gasteiger partial charge in [0, 0.05) is 18.8 Å². The van der Waals surface area contributed by atoms with E-state index in [9.17, 15) is 9.59 Å². The number of hydrogen-bond acceptors (Lipinski definition) is 4. The molecule has 0 aliphatic carbocycles. The Morgan fingerprint density at radius 3 is 2.33 bits per heavy atom. The molecule has 1 rings (SSSR count). The molecule has 0 fully saturated rings. The molecule has 0 saturated carbocycles. The van der Waals surface area contributed by atoms with Gasteiger partial charge in [-0.25, -0.2) is 4.98 Å². The van der Waals surface area contributed by atoms with Crippen molar-refractivity contribution in [3.63, 3.8) is 0 Å². The topological polar surface area (TPSA) is 95.7 Å². The van der Waals surface area contributed by atoms with Gasteiger partial charge >= 0.3 is 11.9 Å². The van der Waals surface area contributed by atoms with Crippen LogP contribution in [0.5, 0.6) is 0 Å². The Bertz CT molecular complexity index is 412. The average molecular weight is 255 g/mol. The molecular weight excluding hydrogens is 238 g/mol. The highest BCUT2D eigenvalue weighted by molar-refractivity contribution is 5.72. The van der Waals surface area contributed by atoms with Crippen molar-refractivity contribution in [2.24, 2.45) is 0 Å². The highest BCUT2D eigenvalue weighted by atomic mass is 16.4. The molecule has 0 unspecified atom stereocenters. The fourth-order valence-electron chi connectivity index (χ4n) is 1.70. The summed E-state index contributed by atoms with van der Waals surface area (Å²) in [5, 5.41) is 17.5. The largest absolute Gasteiger partial charge is 0.480 e. The Balaban J connectivity index is 2.78. The molecule has 0 radical (unpaired) electrons. The summed E-state index contributed by atoms with van der Waals surface area (Å²) in [6.45, 7) is 3.58. The van der Waals surface area contributed by atoms with E-state index in [-0.39, 0.29) is 25.7 Å². The lowest BCUT2D eigenvalue weighted by Gasteiger charge is -2.20. The van der Waals surface area contributed by atoms with Gasteiger partial charge in [0.05, 0.1) is 25.1 Å². The minimum Gasteiger partial charge on any atom is -0.480 e. The number of rotatable bonds is 7. The number of carboxylic acids is 2. The van der Waals surface area contributed by atoms with Crippen LogP contribution in [0.3, 0.4) is 0 Å². The number of nitrogens with zero attached hydrogens (tertiary/aromatic N) is 3. The maximum absolute atomic E-state index is 10.7. The molecule has 0 amide bonds. The van der Waals surface area contributed by atoms with Crippen LogP contribution >= 0.6 is 0 Å². The van der Waals surface area contributed by atoms with Gasteiger partial charge in [-0.3, -0.25) is 14.5 Å². The Morgan fingerprint density at radius 2 is 1.89 bits per heavy atom. The van der Waals surface area contributed by atoms with E-state index in [2.05, 4.69) is 4.98 Å². The first kappa shape index (κ1) is 14.2. The predicted molar refractivity (Wildman–Crippen MR) is 63.2 cm³/mol. The molecule has 1 aromatic rings. The molecule has 0 aliphatic heterocycles. The summed E-state index contributed by atoms with van der Waals surface area (Å²) < 4.78 is 1.89. The summed E-state index contributed by atoms with van der Waals surface area (Å²) >= 11 is 0. The van der Waals surface area contributed by atoms with E-state index >= 15 is 0 Å². The second-order valence-corrected chi connectivity index (χ2v) is 4.32. The third kappa shape index (κ3) is 4.17. The summed E-state index contributed by atoms with van der Waals surface area (Å²) in [5.74, 6) is -2.10. The molecule has 0 saturated heterocycles. The maximum Gasteiger partial charge on any atom is 0.317 e. The first-order chi connectivity index (χ1) is 8.40. The molecule has 0 atom stereocenters. The van der Waals surface area contributed by atoms with Crippen LogP contribution in [-0.4, -0.2) is 49.7 Å². The van der Waals surface area contributed by atoms with E-state index in [4.69, 9.17) is 10.2 Å². The normalized spacial score (nSPS) is 11.1. The van der Waals surface area contributed by atoms with Crippen molar-refractivity contribution in [2.45, 2.75) is 26.4 Å². The molecule has 18 heavy (non-hydrogen) atoms. The molecule has 1 aromatic heterocycles. The van der Waals surface area contributed by atoms with Crippen molar-refractivity contribution in [1.29, 1.82) is 0 Å². The van der Waals surface area contributed by atoms with Crippen LogP contribution in [0.4, 0.5) is 0 Å². The first-order valence-corrected chi connectivity index (χ1v) is 5.56. The Hall–Kier alpha value is -1.89. The summed E-state index contributed by atoms with van der Waals surface area (Å²) in [4.78, 5) is 26.7. The minimum atomic E-state index is -1.05. The molecule has 1 heterocycles. The van der Waals surface area contributed by atoms with Crippen LogP contribution in [0.1, 0.15) is 25.6 Å². The number of carbonyl (C=O) groups is 2. The number of aliphatic carboxylic acids is 2. The smallest absolute Gasteiger partial charge is 0.317 e. The van der Waals surface area contributed by atoms with E-state index in [1.165, 1.54) is 4.90 Å². The summed E-state index contributed by atoms with van der Waals surface area (Å²) in [5.41, 5.74) is 0.799. The number of imidazole rings is 1. The lowest BCUT2D eigenvalue weighted by atomic mass is 10.3. The number of hydrogen-bond donors (Lipinski definition) is 2. The fourth-order valence-corrected chi connectivity index (χ4v) is 1.70. The van der Waals surface area contributed by atoms with E-state index in [1.54, 1.807) is 12.5 Å². The molecule has 0 bridgehead atoms. The average Bonchev–Trinajstić information content (AvgIpc) is 2.63. The summed E-state index contributed by atoms with van der Waals surface area (Å²) in [6, 6.07) is 0.194. The molecule has 0 aromatic carbocycles. The van der Waals surface area contributed by atoms with Crippen molar-refractivity contribution in [3.05, 3.63) is 18.2 Å². The third-order valence-corrected chi connectivity index (χ3v) is 2.41. The second kappa shape index (κ2) is 6.15. The zero-order valence-electron chi connectivity index (χ0n) is 10.4. The van der Waals surface area contributed by atoms with E-state index in [0.29, 0.717) is 0 Å². The van der Waals surface area contributed by atoms with Gasteiger partial charge in [-0.05, 0) is 13.8 Å². The molecule has 100 valence electrons.